The third kappa shape index (κ3) is 2.49. The first-order chi connectivity index (χ1) is 8.01. The van der Waals surface area contributed by atoms with E-state index >= 15 is 0 Å². The van der Waals surface area contributed by atoms with Crippen LogP contribution in [0.4, 0.5) is 0 Å². The molecule has 0 aromatic carbocycles. The average molecular weight is 237 g/mol. The Kier molecular flexibility index (Phi) is 3.19. The van der Waals surface area contributed by atoms with Gasteiger partial charge in [0.05, 0.1) is 17.4 Å². The van der Waals surface area contributed by atoms with Crippen molar-refractivity contribution in [2.24, 2.45) is 12.5 Å². The summed E-state index contributed by atoms with van der Waals surface area (Å²) in [6.45, 7) is 4.38. The lowest BCUT2D eigenvalue weighted by Gasteiger charge is -2.36. The van der Waals surface area contributed by atoms with Crippen LogP contribution in [0.15, 0.2) is 12.5 Å². The molecule has 1 aliphatic heterocycles. The third-order valence-corrected chi connectivity index (χ3v) is 3.78. The number of piperidine rings is 1. The standard InChI is InChI=1S/C12H19N3O2/c1-12(11(16)17)3-5-15(6-4-12)8-10-7-13-9-14(10)2/h7,9H,3-6,8H2,1-2H3,(H,16,17). The number of carboxylic acids is 1. The maximum atomic E-state index is 11.1. The van der Waals surface area contributed by atoms with Crippen LogP contribution in [0.1, 0.15) is 25.5 Å². The number of aliphatic carboxylic acids is 1. The fourth-order valence-electron chi connectivity index (χ4n) is 2.18. The number of aryl methyl sites for hydroxylation is 1. The second-order valence-electron chi connectivity index (χ2n) is 5.14. The summed E-state index contributed by atoms with van der Waals surface area (Å²) in [6.07, 6.45) is 5.10. The first kappa shape index (κ1) is 12.1. The van der Waals surface area contributed by atoms with Crippen molar-refractivity contribution in [2.45, 2.75) is 26.3 Å². The molecular formula is C12H19N3O2. The summed E-state index contributed by atoms with van der Waals surface area (Å²) in [4.78, 5) is 17.5. The number of carbonyl (C=O) groups is 1. The maximum Gasteiger partial charge on any atom is 0.309 e. The number of nitrogens with zero attached hydrogens (tertiary/aromatic N) is 3. The molecular weight excluding hydrogens is 218 g/mol. The summed E-state index contributed by atoms with van der Waals surface area (Å²) in [7, 11) is 1.98. The Morgan fingerprint density at radius 1 is 1.53 bits per heavy atom. The molecule has 1 N–H and O–H groups in total. The van der Waals surface area contributed by atoms with E-state index in [0.29, 0.717) is 0 Å². The van der Waals surface area contributed by atoms with E-state index < -0.39 is 11.4 Å². The van der Waals surface area contributed by atoms with Gasteiger partial charge in [0.2, 0.25) is 0 Å². The van der Waals surface area contributed by atoms with Crippen LogP contribution >= 0.6 is 0 Å². The second-order valence-corrected chi connectivity index (χ2v) is 5.14. The van der Waals surface area contributed by atoms with Crippen LogP contribution in [-0.4, -0.2) is 38.6 Å². The normalized spacial score (nSPS) is 20.4. The number of carboxylic acid groups (broad SMARTS) is 1. The van der Waals surface area contributed by atoms with Gasteiger partial charge in [-0.3, -0.25) is 9.69 Å². The maximum absolute atomic E-state index is 11.1. The average Bonchev–Trinajstić information content (AvgIpc) is 2.68. The molecule has 1 saturated heterocycles. The van der Waals surface area contributed by atoms with Gasteiger partial charge in [0, 0.05) is 19.8 Å². The summed E-state index contributed by atoms with van der Waals surface area (Å²) in [5.41, 5.74) is 0.632. The van der Waals surface area contributed by atoms with Crippen LogP contribution in [0.5, 0.6) is 0 Å². The van der Waals surface area contributed by atoms with Crippen molar-refractivity contribution in [1.29, 1.82) is 0 Å². The molecule has 1 fully saturated rings. The Labute approximate surface area is 101 Å². The summed E-state index contributed by atoms with van der Waals surface area (Å²) in [6, 6.07) is 0. The topological polar surface area (TPSA) is 58.4 Å². The van der Waals surface area contributed by atoms with Gasteiger partial charge in [-0.1, -0.05) is 0 Å². The molecule has 0 unspecified atom stereocenters. The van der Waals surface area contributed by atoms with Crippen LogP contribution in [-0.2, 0) is 18.4 Å². The van der Waals surface area contributed by atoms with E-state index in [1.807, 2.05) is 24.7 Å². The van der Waals surface area contributed by atoms with Gasteiger partial charge in [-0.2, -0.15) is 0 Å². The van der Waals surface area contributed by atoms with E-state index in [1.165, 1.54) is 5.69 Å². The molecule has 1 aliphatic rings. The SMILES string of the molecule is Cn1cncc1CN1CCC(C)(C(=O)O)CC1. The Bertz CT molecular complexity index is 406. The van der Waals surface area contributed by atoms with Gasteiger partial charge >= 0.3 is 5.97 Å². The van der Waals surface area contributed by atoms with Crippen molar-refractivity contribution in [3.8, 4) is 0 Å². The quantitative estimate of drug-likeness (QED) is 0.855. The van der Waals surface area contributed by atoms with Crippen LogP contribution in [0, 0.1) is 5.41 Å². The number of hydrogen-bond donors (Lipinski definition) is 1. The monoisotopic (exact) mass is 237 g/mol. The van der Waals surface area contributed by atoms with Crippen molar-refractivity contribution in [3.63, 3.8) is 0 Å². The van der Waals surface area contributed by atoms with Crippen LogP contribution in [0.2, 0.25) is 0 Å². The van der Waals surface area contributed by atoms with Gasteiger partial charge in [0.25, 0.3) is 0 Å². The van der Waals surface area contributed by atoms with E-state index in [1.54, 1.807) is 6.33 Å². The molecule has 17 heavy (non-hydrogen) atoms. The minimum absolute atomic E-state index is 0.539. The first-order valence-corrected chi connectivity index (χ1v) is 5.92. The summed E-state index contributed by atoms with van der Waals surface area (Å²) >= 11 is 0. The Hall–Kier alpha value is -1.36. The van der Waals surface area contributed by atoms with Gasteiger partial charge in [0.1, 0.15) is 0 Å². The Morgan fingerprint density at radius 2 is 2.18 bits per heavy atom. The molecule has 0 aliphatic carbocycles. The number of hydrogen-bond acceptors (Lipinski definition) is 3. The highest BCUT2D eigenvalue weighted by molar-refractivity contribution is 5.74. The molecule has 0 amide bonds. The van der Waals surface area contributed by atoms with Crippen LogP contribution in [0.25, 0.3) is 0 Å². The predicted octanol–water partition coefficient (Wildman–Crippen LogP) is 1.11. The van der Waals surface area contributed by atoms with E-state index in [2.05, 4.69) is 9.88 Å². The molecule has 2 heterocycles. The van der Waals surface area contributed by atoms with E-state index in [-0.39, 0.29) is 0 Å². The minimum atomic E-state index is -0.669. The Morgan fingerprint density at radius 3 is 2.65 bits per heavy atom. The fraction of sp³-hybridized carbons (Fsp3) is 0.667. The molecule has 5 nitrogen and oxygen atoms in total. The predicted molar refractivity (Wildman–Crippen MR) is 63.5 cm³/mol. The largest absolute Gasteiger partial charge is 0.481 e. The van der Waals surface area contributed by atoms with Gasteiger partial charge in [-0.25, -0.2) is 4.98 Å². The highest BCUT2D eigenvalue weighted by Gasteiger charge is 2.36. The van der Waals surface area contributed by atoms with Crippen molar-refractivity contribution in [1.82, 2.24) is 14.5 Å². The van der Waals surface area contributed by atoms with Crippen molar-refractivity contribution < 1.29 is 9.90 Å². The number of likely N-dealkylation sites (tertiary alicyclic amines) is 1. The van der Waals surface area contributed by atoms with Gasteiger partial charge < -0.3 is 9.67 Å². The summed E-state index contributed by atoms with van der Waals surface area (Å²) < 4.78 is 2.00. The molecule has 1 aromatic heterocycles. The molecule has 0 radical (unpaired) electrons. The van der Waals surface area contributed by atoms with Crippen LogP contribution in [0.3, 0.4) is 0 Å². The van der Waals surface area contributed by atoms with Crippen LogP contribution < -0.4 is 0 Å². The lowest BCUT2D eigenvalue weighted by molar-refractivity contribution is -0.150. The highest BCUT2D eigenvalue weighted by atomic mass is 16.4. The lowest BCUT2D eigenvalue weighted by atomic mass is 9.80. The fourth-order valence-corrected chi connectivity index (χ4v) is 2.18. The number of imidazole rings is 1. The zero-order valence-electron chi connectivity index (χ0n) is 10.4. The number of aromatic nitrogens is 2. The smallest absolute Gasteiger partial charge is 0.309 e. The molecule has 5 heteroatoms. The van der Waals surface area contributed by atoms with Gasteiger partial charge in [-0.15, -0.1) is 0 Å². The minimum Gasteiger partial charge on any atom is -0.481 e. The van der Waals surface area contributed by atoms with E-state index in [9.17, 15) is 4.79 Å². The zero-order chi connectivity index (χ0) is 12.5. The summed E-state index contributed by atoms with van der Waals surface area (Å²) in [5.74, 6) is -0.669. The molecule has 0 saturated carbocycles. The Balaban J connectivity index is 1.92. The van der Waals surface area contributed by atoms with Gasteiger partial charge in [-0.05, 0) is 32.9 Å². The van der Waals surface area contributed by atoms with Crippen molar-refractivity contribution in [3.05, 3.63) is 18.2 Å². The number of rotatable bonds is 3. The van der Waals surface area contributed by atoms with E-state index in [4.69, 9.17) is 5.11 Å². The molecule has 0 spiro atoms. The van der Waals surface area contributed by atoms with Crippen molar-refractivity contribution in [2.75, 3.05) is 13.1 Å². The molecule has 1 aromatic rings. The molecule has 2 rings (SSSR count). The molecule has 94 valence electrons. The second kappa shape index (κ2) is 4.49. The van der Waals surface area contributed by atoms with Gasteiger partial charge in [0.15, 0.2) is 0 Å². The molecule has 0 atom stereocenters. The first-order valence-electron chi connectivity index (χ1n) is 5.92. The van der Waals surface area contributed by atoms with Crippen molar-refractivity contribution >= 4 is 5.97 Å². The molecule has 0 bridgehead atoms. The third-order valence-electron chi connectivity index (χ3n) is 3.78. The summed E-state index contributed by atoms with van der Waals surface area (Å²) in [5, 5.41) is 9.15. The highest BCUT2D eigenvalue weighted by Crippen LogP contribution is 2.31. The van der Waals surface area contributed by atoms with E-state index in [0.717, 1.165) is 32.5 Å². The lowest BCUT2D eigenvalue weighted by Crippen LogP contribution is -2.42. The zero-order valence-corrected chi connectivity index (χ0v) is 10.4.